The third-order valence-electron chi connectivity index (χ3n) is 3.78. The van der Waals surface area contributed by atoms with Crippen LogP contribution in [0.15, 0.2) is 58.3 Å². The molecule has 0 fully saturated rings. The van der Waals surface area contributed by atoms with Crippen LogP contribution in [0.5, 0.6) is 0 Å². The minimum Gasteiger partial charge on any atom is -0.330 e. The SMILES string of the molecule is NCCSc1nc(C(=O)Nc2nc3ccc(-c4ccccc4)cc3s2)cs1. The Hall–Kier alpha value is -2.26. The van der Waals surface area contributed by atoms with Gasteiger partial charge in [-0.25, -0.2) is 9.97 Å². The van der Waals surface area contributed by atoms with Crippen molar-refractivity contribution in [3.05, 3.63) is 59.6 Å². The predicted octanol–water partition coefficient (Wildman–Crippen LogP) is 4.72. The fraction of sp³-hybridized carbons (Fsp3) is 0.105. The van der Waals surface area contributed by atoms with Gasteiger partial charge in [-0.3, -0.25) is 10.1 Å². The van der Waals surface area contributed by atoms with E-state index in [1.807, 2.05) is 30.3 Å². The highest BCUT2D eigenvalue weighted by molar-refractivity contribution is 8.01. The molecule has 0 aliphatic rings. The number of anilines is 1. The van der Waals surface area contributed by atoms with E-state index in [4.69, 9.17) is 5.73 Å². The number of carbonyl (C=O) groups excluding carboxylic acids is 1. The second-order valence-corrected chi connectivity index (χ2v) is 8.89. The first-order valence-corrected chi connectivity index (χ1v) is 11.0. The Kier molecular flexibility index (Phi) is 5.49. The molecule has 2 aromatic carbocycles. The third kappa shape index (κ3) is 4.19. The zero-order valence-electron chi connectivity index (χ0n) is 14.2. The van der Waals surface area contributed by atoms with Gasteiger partial charge in [0.2, 0.25) is 0 Å². The third-order valence-corrected chi connectivity index (χ3v) is 6.76. The monoisotopic (exact) mass is 412 g/mol. The molecule has 0 saturated carbocycles. The minimum absolute atomic E-state index is 0.242. The summed E-state index contributed by atoms with van der Waals surface area (Å²) in [6.45, 7) is 0.586. The number of aromatic nitrogens is 2. The number of hydrogen-bond acceptors (Lipinski definition) is 7. The van der Waals surface area contributed by atoms with Crippen LogP contribution in [0, 0.1) is 0 Å². The summed E-state index contributed by atoms with van der Waals surface area (Å²) in [4.78, 5) is 21.3. The Morgan fingerprint density at radius 1 is 1.11 bits per heavy atom. The van der Waals surface area contributed by atoms with E-state index in [9.17, 15) is 4.79 Å². The van der Waals surface area contributed by atoms with Crippen molar-refractivity contribution in [3.63, 3.8) is 0 Å². The maximum Gasteiger partial charge on any atom is 0.276 e. The summed E-state index contributed by atoms with van der Waals surface area (Å²) in [5, 5.41) is 5.19. The van der Waals surface area contributed by atoms with Gasteiger partial charge in [0.15, 0.2) is 9.47 Å². The van der Waals surface area contributed by atoms with E-state index < -0.39 is 0 Å². The van der Waals surface area contributed by atoms with Crippen molar-refractivity contribution in [1.29, 1.82) is 0 Å². The molecular weight excluding hydrogens is 396 g/mol. The van der Waals surface area contributed by atoms with Gasteiger partial charge in [0.1, 0.15) is 5.69 Å². The fourth-order valence-corrected chi connectivity index (χ4v) is 5.07. The molecule has 0 aliphatic carbocycles. The maximum absolute atomic E-state index is 12.4. The molecule has 27 heavy (non-hydrogen) atoms. The van der Waals surface area contributed by atoms with Crippen LogP contribution in [0.25, 0.3) is 21.3 Å². The first kappa shape index (κ1) is 18.1. The Labute approximate surface area is 168 Å². The lowest BCUT2D eigenvalue weighted by atomic mass is 10.1. The number of thiazole rings is 2. The van der Waals surface area contributed by atoms with Crippen molar-refractivity contribution in [2.24, 2.45) is 5.73 Å². The predicted molar refractivity (Wildman–Crippen MR) is 115 cm³/mol. The number of thioether (sulfide) groups is 1. The van der Waals surface area contributed by atoms with E-state index in [1.165, 1.54) is 22.7 Å². The molecule has 8 heteroatoms. The van der Waals surface area contributed by atoms with Crippen LogP contribution < -0.4 is 11.1 Å². The highest BCUT2D eigenvalue weighted by atomic mass is 32.2. The summed E-state index contributed by atoms with van der Waals surface area (Å²) in [5.74, 6) is 0.545. The normalized spacial score (nSPS) is 11.0. The lowest BCUT2D eigenvalue weighted by Crippen LogP contribution is -2.12. The summed E-state index contributed by atoms with van der Waals surface area (Å²) >= 11 is 4.47. The van der Waals surface area contributed by atoms with Gasteiger partial charge in [-0.2, -0.15) is 0 Å². The van der Waals surface area contributed by atoms with E-state index in [1.54, 1.807) is 17.1 Å². The van der Waals surface area contributed by atoms with Gasteiger partial charge in [0.25, 0.3) is 5.91 Å². The summed E-state index contributed by atoms with van der Waals surface area (Å²) in [5.41, 5.74) is 9.06. The van der Waals surface area contributed by atoms with E-state index in [0.29, 0.717) is 17.4 Å². The molecule has 136 valence electrons. The molecular formula is C19H16N4OS3. The van der Waals surface area contributed by atoms with Gasteiger partial charge < -0.3 is 5.73 Å². The van der Waals surface area contributed by atoms with E-state index >= 15 is 0 Å². The topological polar surface area (TPSA) is 80.9 Å². The number of fused-ring (bicyclic) bond motifs is 1. The molecule has 0 saturated heterocycles. The maximum atomic E-state index is 12.4. The molecule has 2 aromatic heterocycles. The average Bonchev–Trinajstić information content (AvgIpc) is 3.33. The van der Waals surface area contributed by atoms with Gasteiger partial charge >= 0.3 is 0 Å². The number of hydrogen-bond donors (Lipinski definition) is 2. The fourth-order valence-electron chi connectivity index (χ4n) is 2.52. The molecule has 0 atom stereocenters. The zero-order valence-corrected chi connectivity index (χ0v) is 16.7. The van der Waals surface area contributed by atoms with Crippen LogP contribution >= 0.6 is 34.4 Å². The van der Waals surface area contributed by atoms with Gasteiger partial charge in [-0.15, -0.1) is 11.3 Å². The molecule has 1 amide bonds. The van der Waals surface area contributed by atoms with Gasteiger partial charge in [-0.1, -0.05) is 59.5 Å². The minimum atomic E-state index is -0.242. The van der Waals surface area contributed by atoms with E-state index in [0.717, 1.165) is 31.4 Å². The number of nitrogens with one attached hydrogen (secondary N) is 1. The van der Waals surface area contributed by atoms with Crippen molar-refractivity contribution in [2.45, 2.75) is 4.34 Å². The standard InChI is InChI=1S/C19H16N4OS3/c20-8-9-25-19-22-15(11-26-19)17(24)23-18-21-14-7-6-13(10-16(14)27-18)12-4-2-1-3-5-12/h1-7,10-11H,8-9,20H2,(H,21,23,24). The van der Waals surface area contributed by atoms with Crippen LogP contribution in [0.4, 0.5) is 5.13 Å². The quantitative estimate of drug-likeness (QED) is 0.448. The second kappa shape index (κ2) is 8.18. The molecule has 4 rings (SSSR count). The molecule has 4 aromatic rings. The summed E-state index contributed by atoms with van der Waals surface area (Å²) in [6, 6.07) is 16.3. The van der Waals surface area contributed by atoms with Crippen molar-refractivity contribution in [3.8, 4) is 11.1 Å². The molecule has 2 heterocycles. The number of nitrogens with two attached hydrogens (primary N) is 1. The zero-order chi connectivity index (χ0) is 18.6. The largest absolute Gasteiger partial charge is 0.330 e. The molecule has 5 nitrogen and oxygen atoms in total. The van der Waals surface area contributed by atoms with Crippen LogP contribution in [-0.2, 0) is 0 Å². The molecule has 3 N–H and O–H groups in total. The molecule has 0 spiro atoms. The molecule has 0 unspecified atom stereocenters. The highest BCUT2D eigenvalue weighted by Crippen LogP contribution is 2.31. The van der Waals surface area contributed by atoms with Crippen molar-refractivity contribution in [2.75, 3.05) is 17.6 Å². The first-order chi connectivity index (χ1) is 13.2. The van der Waals surface area contributed by atoms with Gasteiger partial charge in [0, 0.05) is 17.7 Å². The van der Waals surface area contributed by atoms with Crippen LogP contribution in [0.1, 0.15) is 10.5 Å². The summed E-state index contributed by atoms with van der Waals surface area (Å²) in [6.07, 6.45) is 0. The van der Waals surface area contributed by atoms with Crippen LogP contribution in [0.3, 0.4) is 0 Å². The molecule has 0 radical (unpaired) electrons. The van der Waals surface area contributed by atoms with Crippen molar-refractivity contribution >= 4 is 55.7 Å². The van der Waals surface area contributed by atoms with Crippen molar-refractivity contribution < 1.29 is 4.79 Å². The Balaban J connectivity index is 1.52. The Bertz CT molecular complexity index is 1070. The number of benzene rings is 2. The Morgan fingerprint density at radius 2 is 1.96 bits per heavy atom. The lowest BCUT2D eigenvalue weighted by molar-refractivity contribution is 0.102. The van der Waals surface area contributed by atoms with Gasteiger partial charge in [0.05, 0.1) is 10.2 Å². The first-order valence-electron chi connectivity index (χ1n) is 8.29. The van der Waals surface area contributed by atoms with E-state index in [-0.39, 0.29) is 5.91 Å². The number of rotatable bonds is 6. The lowest BCUT2D eigenvalue weighted by Gasteiger charge is -2.00. The molecule has 0 aliphatic heterocycles. The number of amides is 1. The van der Waals surface area contributed by atoms with Crippen LogP contribution in [0.2, 0.25) is 0 Å². The summed E-state index contributed by atoms with van der Waals surface area (Å²) < 4.78 is 1.88. The average molecular weight is 413 g/mol. The van der Waals surface area contributed by atoms with Gasteiger partial charge in [-0.05, 0) is 23.3 Å². The van der Waals surface area contributed by atoms with Crippen LogP contribution in [-0.4, -0.2) is 28.2 Å². The second-order valence-electron chi connectivity index (χ2n) is 5.66. The number of carbonyl (C=O) groups is 1. The van der Waals surface area contributed by atoms with Crippen molar-refractivity contribution in [1.82, 2.24) is 9.97 Å². The smallest absolute Gasteiger partial charge is 0.276 e. The van der Waals surface area contributed by atoms with E-state index in [2.05, 4.69) is 33.5 Å². The highest BCUT2D eigenvalue weighted by Gasteiger charge is 2.14. The Morgan fingerprint density at radius 3 is 2.78 bits per heavy atom. The summed E-state index contributed by atoms with van der Waals surface area (Å²) in [7, 11) is 0. The number of nitrogens with zero attached hydrogens (tertiary/aromatic N) is 2. The molecule has 0 bridgehead atoms.